The molecule has 4 aromatic rings. The fourth-order valence-electron chi connectivity index (χ4n) is 3.63. The Balaban J connectivity index is 1.44. The van der Waals surface area contributed by atoms with Crippen molar-refractivity contribution in [3.63, 3.8) is 0 Å². The Bertz CT molecular complexity index is 1500. The predicted octanol–water partition coefficient (Wildman–Crippen LogP) is 5.76. The third-order valence-electron chi connectivity index (χ3n) is 5.59. The van der Waals surface area contributed by atoms with E-state index < -0.39 is 18.0 Å². The van der Waals surface area contributed by atoms with Gasteiger partial charge in [-0.2, -0.15) is 5.10 Å². The quantitative estimate of drug-likeness (QED) is 0.118. The summed E-state index contributed by atoms with van der Waals surface area (Å²) in [4.78, 5) is 25.4. The Kier molecular flexibility index (Phi) is 8.60. The lowest BCUT2D eigenvalue weighted by molar-refractivity contribution is -0.127. The SMILES string of the molecule is COc1ccc(C(=O)Oc2ccc(Br)cc2/C=N\NC(=O)[C@@H](C)Oc2cccc3ccccc23)cc1OC. The van der Waals surface area contributed by atoms with E-state index in [0.29, 0.717) is 22.8 Å². The van der Waals surface area contributed by atoms with Crippen LogP contribution in [0.5, 0.6) is 23.0 Å². The van der Waals surface area contributed by atoms with E-state index in [9.17, 15) is 9.59 Å². The minimum atomic E-state index is -0.803. The number of hydrogen-bond donors (Lipinski definition) is 1. The molecule has 0 fully saturated rings. The molecule has 4 rings (SSSR count). The summed E-state index contributed by atoms with van der Waals surface area (Å²) in [5.74, 6) is 0.728. The van der Waals surface area contributed by atoms with Gasteiger partial charge in [0, 0.05) is 15.4 Å². The zero-order chi connectivity index (χ0) is 27.1. The minimum Gasteiger partial charge on any atom is -0.493 e. The van der Waals surface area contributed by atoms with Crippen molar-refractivity contribution in [3.8, 4) is 23.0 Å². The second kappa shape index (κ2) is 12.2. The van der Waals surface area contributed by atoms with Gasteiger partial charge in [-0.3, -0.25) is 4.79 Å². The van der Waals surface area contributed by atoms with Gasteiger partial charge in [-0.1, -0.05) is 52.3 Å². The van der Waals surface area contributed by atoms with Crippen LogP contribution in [-0.4, -0.2) is 38.4 Å². The van der Waals surface area contributed by atoms with Gasteiger partial charge in [-0.15, -0.1) is 0 Å². The number of hydrazone groups is 1. The van der Waals surface area contributed by atoms with E-state index in [2.05, 4.69) is 26.5 Å². The molecule has 0 radical (unpaired) electrons. The Labute approximate surface area is 228 Å². The maximum absolute atomic E-state index is 12.8. The van der Waals surface area contributed by atoms with Gasteiger partial charge in [-0.05, 0) is 54.8 Å². The lowest BCUT2D eigenvalue weighted by Gasteiger charge is -2.15. The molecule has 1 atom stereocenters. The molecule has 4 aromatic carbocycles. The largest absolute Gasteiger partial charge is 0.493 e. The van der Waals surface area contributed by atoms with E-state index in [1.54, 1.807) is 37.3 Å². The number of nitrogens with one attached hydrogen (secondary N) is 1. The number of rotatable bonds is 9. The number of nitrogens with zero attached hydrogens (tertiary/aromatic N) is 1. The summed E-state index contributed by atoms with van der Waals surface area (Å²) in [6.07, 6.45) is 0.590. The highest BCUT2D eigenvalue weighted by molar-refractivity contribution is 9.10. The average Bonchev–Trinajstić information content (AvgIpc) is 2.94. The van der Waals surface area contributed by atoms with Crippen LogP contribution in [0, 0.1) is 0 Å². The molecule has 8 nitrogen and oxygen atoms in total. The van der Waals surface area contributed by atoms with E-state index in [4.69, 9.17) is 18.9 Å². The smallest absolute Gasteiger partial charge is 0.343 e. The van der Waals surface area contributed by atoms with Gasteiger partial charge in [0.1, 0.15) is 11.5 Å². The van der Waals surface area contributed by atoms with Crippen LogP contribution in [0.4, 0.5) is 0 Å². The summed E-state index contributed by atoms with van der Waals surface area (Å²) in [6, 6.07) is 23.2. The number of benzene rings is 4. The number of fused-ring (bicyclic) bond motifs is 1. The van der Waals surface area contributed by atoms with E-state index in [1.165, 1.54) is 26.5 Å². The fraction of sp³-hybridized carbons (Fsp3) is 0.138. The molecule has 38 heavy (non-hydrogen) atoms. The van der Waals surface area contributed by atoms with Crippen LogP contribution in [0.15, 0.2) is 88.4 Å². The molecule has 0 saturated heterocycles. The van der Waals surface area contributed by atoms with Gasteiger partial charge in [0.15, 0.2) is 17.6 Å². The summed E-state index contributed by atoms with van der Waals surface area (Å²) < 4.78 is 22.7. The van der Waals surface area contributed by atoms with Crippen molar-refractivity contribution >= 4 is 44.8 Å². The molecule has 0 unspecified atom stereocenters. The molecule has 0 saturated carbocycles. The summed E-state index contributed by atoms with van der Waals surface area (Å²) in [5, 5.41) is 5.97. The highest BCUT2D eigenvalue weighted by Crippen LogP contribution is 2.29. The number of carbonyl (C=O) groups is 2. The number of carbonyl (C=O) groups excluding carboxylic acids is 2. The van der Waals surface area contributed by atoms with E-state index in [0.717, 1.165) is 15.2 Å². The molecule has 0 bridgehead atoms. The number of amides is 1. The molecule has 0 aliphatic heterocycles. The lowest BCUT2D eigenvalue weighted by atomic mass is 10.1. The number of halogens is 1. The molecule has 0 spiro atoms. The first kappa shape index (κ1) is 26.7. The maximum atomic E-state index is 12.8. The van der Waals surface area contributed by atoms with Crippen molar-refractivity contribution in [2.45, 2.75) is 13.0 Å². The van der Waals surface area contributed by atoms with Crippen LogP contribution in [-0.2, 0) is 4.79 Å². The normalized spacial score (nSPS) is 11.7. The Morgan fingerprint density at radius 1 is 0.868 bits per heavy atom. The zero-order valence-corrected chi connectivity index (χ0v) is 22.5. The highest BCUT2D eigenvalue weighted by atomic mass is 79.9. The second-order valence-corrected chi connectivity index (χ2v) is 9.03. The van der Waals surface area contributed by atoms with Crippen molar-refractivity contribution in [1.82, 2.24) is 5.43 Å². The maximum Gasteiger partial charge on any atom is 0.343 e. The molecule has 9 heteroatoms. The molecule has 0 aliphatic rings. The van der Waals surface area contributed by atoms with E-state index in [1.807, 2.05) is 42.5 Å². The third kappa shape index (κ3) is 6.30. The van der Waals surface area contributed by atoms with Gasteiger partial charge in [-0.25, -0.2) is 10.2 Å². The first-order valence-electron chi connectivity index (χ1n) is 11.6. The van der Waals surface area contributed by atoms with Crippen LogP contribution in [0.25, 0.3) is 10.8 Å². The van der Waals surface area contributed by atoms with Crippen LogP contribution >= 0.6 is 15.9 Å². The predicted molar refractivity (Wildman–Crippen MR) is 148 cm³/mol. The van der Waals surface area contributed by atoms with E-state index in [-0.39, 0.29) is 11.3 Å². The summed E-state index contributed by atoms with van der Waals surface area (Å²) >= 11 is 3.40. The van der Waals surface area contributed by atoms with Gasteiger partial charge < -0.3 is 18.9 Å². The molecule has 0 aliphatic carbocycles. The number of hydrogen-bond acceptors (Lipinski definition) is 7. The average molecular weight is 577 g/mol. The summed E-state index contributed by atoms with van der Waals surface area (Å²) in [7, 11) is 3.00. The van der Waals surface area contributed by atoms with Crippen LogP contribution in [0.1, 0.15) is 22.8 Å². The lowest BCUT2D eigenvalue weighted by Crippen LogP contribution is -2.33. The zero-order valence-electron chi connectivity index (χ0n) is 20.9. The number of esters is 1. The molecule has 0 heterocycles. The second-order valence-electron chi connectivity index (χ2n) is 8.11. The Morgan fingerprint density at radius 3 is 2.39 bits per heavy atom. The van der Waals surface area contributed by atoms with Crippen LogP contribution in [0.3, 0.4) is 0 Å². The summed E-state index contributed by atoms with van der Waals surface area (Å²) in [6.45, 7) is 1.64. The monoisotopic (exact) mass is 576 g/mol. The van der Waals surface area contributed by atoms with Crippen LogP contribution in [0.2, 0.25) is 0 Å². The first-order valence-corrected chi connectivity index (χ1v) is 12.4. The highest BCUT2D eigenvalue weighted by Gasteiger charge is 2.17. The van der Waals surface area contributed by atoms with Crippen LogP contribution < -0.4 is 24.4 Å². The number of methoxy groups -OCH3 is 2. The van der Waals surface area contributed by atoms with Crippen molar-refractivity contribution in [2.75, 3.05) is 14.2 Å². The van der Waals surface area contributed by atoms with Crippen molar-refractivity contribution in [1.29, 1.82) is 0 Å². The molecule has 1 N–H and O–H groups in total. The molecule has 1 amide bonds. The van der Waals surface area contributed by atoms with Crippen molar-refractivity contribution in [2.24, 2.45) is 5.10 Å². The Morgan fingerprint density at radius 2 is 1.61 bits per heavy atom. The van der Waals surface area contributed by atoms with Gasteiger partial charge in [0.25, 0.3) is 5.91 Å². The summed E-state index contributed by atoms with van der Waals surface area (Å²) in [5.41, 5.74) is 3.23. The minimum absolute atomic E-state index is 0.256. The molecular weight excluding hydrogens is 552 g/mol. The fourth-order valence-corrected chi connectivity index (χ4v) is 4.01. The van der Waals surface area contributed by atoms with Crippen molar-refractivity contribution in [3.05, 3.63) is 94.5 Å². The van der Waals surface area contributed by atoms with Gasteiger partial charge >= 0.3 is 5.97 Å². The molecule has 194 valence electrons. The Hall–Kier alpha value is -4.37. The van der Waals surface area contributed by atoms with Gasteiger partial charge in [0.05, 0.1) is 26.0 Å². The topological polar surface area (TPSA) is 95.5 Å². The first-order chi connectivity index (χ1) is 18.4. The molecular formula is C29H25BrN2O6. The number of ether oxygens (including phenoxy) is 4. The van der Waals surface area contributed by atoms with Crippen molar-refractivity contribution < 1.29 is 28.5 Å². The van der Waals surface area contributed by atoms with Gasteiger partial charge in [0.2, 0.25) is 0 Å². The molecule has 0 aromatic heterocycles. The standard InChI is InChI=1S/C29H25BrN2O6/c1-18(37-25-10-6-8-19-7-4-5-9-23(19)25)28(33)32-31-17-21-15-22(30)12-14-24(21)38-29(34)20-11-13-26(35-2)27(16-20)36-3/h4-18H,1-3H3,(H,32,33)/b31-17-/t18-/m1/s1. The third-order valence-corrected chi connectivity index (χ3v) is 6.09. The van der Waals surface area contributed by atoms with E-state index >= 15 is 0 Å².